The van der Waals surface area contributed by atoms with Crippen molar-refractivity contribution in [1.29, 1.82) is 0 Å². The largest absolute Gasteiger partial charge is 0.444 e. The fourth-order valence-electron chi connectivity index (χ4n) is 2.84. The van der Waals surface area contributed by atoms with Crippen molar-refractivity contribution >= 4 is 39.7 Å². The van der Waals surface area contributed by atoms with E-state index >= 15 is 0 Å². The summed E-state index contributed by atoms with van der Waals surface area (Å²) in [5, 5.41) is 4.52. The molecule has 0 bridgehead atoms. The van der Waals surface area contributed by atoms with Crippen LogP contribution >= 0.6 is 22.6 Å². The van der Waals surface area contributed by atoms with Crippen molar-refractivity contribution < 1.29 is 9.53 Å². The Morgan fingerprint density at radius 3 is 2.70 bits per heavy atom. The van der Waals surface area contributed by atoms with E-state index in [4.69, 9.17) is 4.74 Å². The van der Waals surface area contributed by atoms with Gasteiger partial charge in [-0.2, -0.15) is 5.10 Å². The summed E-state index contributed by atoms with van der Waals surface area (Å²) in [7, 11) is 0. The Morgan fingerprint density at radius 2 is 2.04 bits per heavy atom. The van der Waals surface area contributed by atoms with Gasteiger partial charge in [-0.05, 0) is 62.3 Å². The van der Waals surface area contributed by atoms with Crippen LogP contribution in [0.2, 0.25) is 0 Å². The number of hydrogen-bond donors (Lipinski definition) is 0. The van der Waals surface area contributed by atoms with Gasteiger partial charge in [0.1, 0.15) is 16.6 Å². The second-order valence-electron chi connectivity index (χ2n) is 6.81. The number of ether oxygens (including phenoxy) is 1. The topological polar surface area (TPSA) is 60.2 Å². The molecule has 2 aromatic heterocycles. The van der Waals surface area contributed by atoms with Gasteiger partial charge in [-0.1, -0.05) is 0 Å². The lowest BCUT2D eigenvalue weighted by Gasteiger charge is -2.33. The number of aromatic nitrogens is 3. The first-order chi connectivity index (χ1) is 10.8. The van der Waals surface area contributed by atoms with Crippen LogP contribution in [0.4, 0.5) is 4.79 Å². The van der Waals surface area contributed by atoms with E-state index < -0.39 is 5.60 Å². The van der Waals surface area contributed by atoms with Crippen LogP contribution in [0.15, 0.2) is 18.5 Å². The number of hydrogen-bond acceptors (Lipinski definition) is 4. The number of amides is 1. The van der Waals surface area contributed by atoms with Crippen LogP contribution < -0.4 is 0 Å². The number of likely N-dealkylation sites (tertiary alicyclic amines) is 1. The van der Waals surface area contributed by atoms with Crippen molar-refractivity contribution in [3.05, 3.63) is 22.0 Å². The molecule has 1 aliphatic rings. The van der Waals surface area contributed by atoms with Crippen molar-refractivity contribution in [3.8, 4) is 0 Å². The first kappa shape index (κ1) is 16.5. The molecule has 6 nitrogen and oxygen atoms in total. The minimum atomic E-state index is -0.450. The third kappa shape index (κ3) is 3.59. The number of carbonyl (C=O) groups excluding carboxylic acids is 1. The fraction of sp³-hybridized carbons (Fsp3) is 0.562. The minimum absolute atomic E-state index is 0.225. The van der Waals surface area contributed by atoms with E-state index in [0.29, 0.717) is 19.1 Å². The van der Waals surface area contributed by atoms with E-state index in [1.54, 1.807) is 11.1 Å². The molecule has 0 N–H and O–H groups in total. The highest BCUT2D eigenvalue weighted by molar-refractivity contribution is 14.1. The molecule has 0 aliphatic carbocycles. The summed E-state index contributed by atoms with van der Waals surface area (Å²) in [4.78, 5) is 18.3. The average molecular weight is 428 g/mol. The lowest BCUT2D eigenvalue weighted by Crippen LogP contribution is -2.42. The monoisotopic (exact) mass is 428 g/mol. The number of pyridine rings is 1. The summed E-state index contributed by atoms with van der Waals surface area (Å²) >= 11 is 2.32. The lowest BCUT2D eigenvalue weighted by molar-refractivity contribution is 0.0186. The molecule has 0 unspecified atom stereocenters. The Hall–Kier alpha value is -1.38. The molecule has 7 heteroatoms. The van der Waals surface area contributed by atoms with Crippen molar-refractivity contribution in [1.82, 2.24) is 19.7 Å². The molecule has 0 radical (unpaired) electrons. The summed E-state index contributed by atoms with van der Waals surface area (Å²) in [6.07, 6.45) is 5.15. The molecular weight excluding hydrogens is 407 g/mol. The maximum Gasteiger partial charge on any atom is 0.410 e. The van der Waals surface area contributed by atoms with E-state index in [9.17, 15) is 4.79 Å². The molecule has 0 aromatic carbocycles. The molecular formula is C16H21IN4O2. The molecule has 1 fully saturated rings. The third-order valence-electron chi connectivity index (χ3n) is 3.90. The molecule has 23 heavy (non-hydrogen) atoms. The van der Waals surface area contributed by atoms with Crippen LogP contribution in [-0.4, -0.2) is 44.4 Å². The maximum atomic E-state index is 12.1. The molecule has 1 saturated heterocycles. The predicted molar refractivity (Wildman–Crippen MR) is 96.3 cm³/mol. The van der Waals surface area contributed by atoms with Gasteiger partial charge in [-0.15, -0.1) is 0 Å². The van der Waals surface area contributed by atoms with E-state index in [1.807, 2.05) is 33.0 Å². The Labute approximate surface area is 149 Å². The maximum absolute atomic E-state index is 12.1. The highest BCUT2D eigenvalue weighted by atomic mass is 127. The zero-order valence-electron chi connectivity index (χ0n) is 13.6. The molecule has 1 aliphatic heterocycles. The molecule has 2 aromatic rings. The summed E-state index contributed by atoms with van der Waals surface area (Å²) in [6.45, 7) is 7.06. The lowest BCUT2D eigenvalue weighted by atomic mass is 10.1. The van der Waals surface area contributed by atoms with E-state index in [2.05, 4.69) is 37.4 Å². The Morgan fingerprint density at radius 1 is 1.35 bits per heavy atom. The number of piperidine rings is 1. The van der Waals surface area contributed by atoms with Gasteiger partial charge in [0.25, 0.3) is 0 Å². The van der Waals surface area contributed by atoms with Gasteiger partial charge in [-0.3, -0.25) is 9.67 Å². The quantitative estimate of drug-likeness (QED) is 0.652. The second kappa shape index (κ2) is 6.26. The third-order valence-corrected chi connectivity index (χ3v) is 4.77. The van der Waals surface area contributed by atoms with Gasteiger partial charge in [-0.25, -0.2) is 4.79 Å². The highest BCUT2D eigenvalue weighted by Crippen LogP contribution is 2.28. The van der Waals surface area contributed by atoms with Crippen LogP contribution in [-0.2, 0) is 4.74 Å². The Bertz CT molecular complexity index is 714. The smallest absolute Gasteiger partial charge is 0.410 e. The Balaban J connectivity index is 1.70. The molecule has 1 amide bonds. The number of halogens is 1. The first-order valence-corrected chi connectivity index (χ1v) is 8.89. The standard InChI is InChI=1S/C16H21IN4O2/c1-16(2,3)23-15(22)20-8-5-11(6-9-20)21-14-12(17)4-7-18-13(14)10-19-21/h4,7,10-11H,5-6,8-9H2,1-3H3. The number of carbonyl (C=O) groups is 1. The average Bonchev–Trinajstić information content (AvgIpc) is 2.91. The van der Waals surface area contributed by atoms with Gasteiger partial charge in [0.2, 0.25) is 0 Å². The van der Waals surface area contributed by atoms with Gasteiger partial charge in [0.05, 0.1) is 12.2 Å². The van der Waals surface area contributed by atoms with Crippen LogP contribution in [0, 0.1) is 3.57 Å². The van der Waals surface area contributed by atoms with Gasteiger partial charge in [0.15, 0.2) is 0 Å². The summed E-state index contributed by atoms with van der Waals surface area (Å²) in [5.41, 5.74) is 1.56. The highest BCUT2D eigenvalue weighted by Gasteiger charge is 2.28. The van der Waals surface area contributed by atoms with Crippen molar-refractivity contribution in [2.75, 3.05) is 13.1 Å². The molecule has 0 saturated carbocycles. The number of fused-ring (bicyclic) bond motifs is 1. The molecule has 3 rings (SSSR count). The van der Waals surface area contributed by atoms with Gasteiger partial charge >= 0.3 is 6.09 Å². The van der Waals surface area contributed by atoms with Crippen LogP contribution in [0.5, 0.6) is 0 Å². The van der Waals surface area contributed by atoms with E-state index in [-0.39, 0.29) is 6.09 Å². The van der Waals surface area contributed by atoms with Crippen molar-refractivity contribution in [2.45, 2.75) is 45.3 Å². The predicted octanol–water partition coefficient (Wildman–Crippen LogP) is 3.61. The number of nitrogens with zero attached hydrogens (tertiary/aromatic N) is 4. The summed E-state index contributed by atoms with van der Waals surface area (Å²) in [5.74, 6) is 0. The zero-order chi connectivity index (χ0) is 16.6. The van der Waals surface area contributed by atoms with Crippen LogP contribution in [0.25, 0.3) is 11.0 Å². The summed E-state index contributed by atoms with van der Waals surface area (Å²) < 4.78 is 8.66. The Kier molecular flexibility index (Phi) is 4.48. The second-order valence-corrected chi connectivity index (χ2v) is 7.98. The first-order valence-electron chi connectivity index (χ1n) is 7.81. The number of rotatable bonds is 1. The van der Waals surface area contributed by atoms with E-state index in [0.717, 1.165) is 27.4 Å². The summed E-state index contributed by atoms with van der Waals surface area (Å²) in [6, 6.07) is 2.29. The normalized spacial score (nSPS) is 16.8. The van der Waals surface area contributed by atoms with Crippen molar-refractivity contribution in [3.63, 3.8) is 0 Å². The zero-order valence-corrected chi connectivity index (χ0v) is 15.8. The van der Waals surface area contributed by atoms with Crippen LogP contribution in [0.3, 0.4) is 0 Å². The SMILES string of the molecule is CC(C)(C)OC(=O)N1CCC(n2ncc3nccc(I)c32)CC1. The molecule has 0 spiro atoms. The fourth-order valence-corrected chi connectivity index (χ4v) is 3.52. The minimum Gasteiger partial charge on any atom is -0.444 e. The molecule has 124 valence electrons. The molecule has 3 heterocycles. The van der Waals surface area contributed by atoms with Gasteiger partial charge < -0.3 is 9.64 Å². The van der Waals surface area contributed by atoms with Crippen molar-refractivity contribution in [2.24, 2.45) is 0 Å². The van der Waals surface area contributed by atoms with E-state index in [1.165, 1.54) is 0 Å². The van der Waals surface area contributed by atoms with Gasteiger partial charge in [0, 0.05) is 22.9 Å². The molecule has 0 atom stereocenters. The van der Waals surface area contributed by atoms with Crippen LogP contribution in [0.1, 0.15) is 39.7 Å².